The summed E-state index contributed by atoms with van der Waals surface area (Å²) in [6.07, 6.45) is 5.26. The number of halogens is 2. The molecule has 0 bridgehead atoms. The monoisotopic (exact) mass is 364 g/mol. The lowest BCUT2D eigenvalue weighted by atomic mass is 9.97. The number of amides is 1. The summed E-state index contributed by atoms with van der Waals surface area (Å²) in [5.41, 5.74) is 0.928. The van der Waals surface area contributed by atoms with Crippen molar-refractivity contribution in [2.75, 3.05) is 18.0 Å². The number of carbonyl (C=O) groups is 1. The van der Waals surface area contributed by atoms with Crippen molar-refractivity contribution in [2.45, 2.75) is 19.4 Å². The van der Waals surface area contributed by atoms with Crippen LogP contribution >= 0.6 is 23.2 Å². The smallest absolute Gasteiger partial charge is 0.225 e. The second kappa shape index (κ2) is 7.81. The molecule has 1 amide bonds. The van der Waals surface area contributed by atoms with E-state index in [1.807, 2.05) is 6.07 Å². The Hall–Kier alpha value is -1.85. The third-order valence-electron chi connectivity index (χ3n) is 4.08. The van der Waals surface area contributed by atoms with E-state index in [-0.39, 0.29) is 11.8 Å². The van der Waals surface area contributed by atoms with E-state index in [4.69, 9.17) is 23.2 Å². The molecule has 3 rings (SSSR count). The lowest BCUT2D eigenvalue weighted by molar-refractivity contribution is -0.125. The zero-order chi connectivity index (χ0) is 16.9. The summed E-state index contributed by atoms with van der Waals surface area (Å²) in [4.78, 5) is 23.1. The third kappa shape index (κ3) is 4.16. The van der Waals surface area contributed by atoms with Gasteiger partial charge in [0.2, 0.25) is 11.9 Å². The van der Waals surface area contributed by atoms with Gasteiger partial charge in [-0.3, -0.25) is 4.79 Å². The Labute approximate surface area is 151 Å². The van der Waals surface area contributed by atoms with E-state index in [0.717, 1.165) is 24.9 Å². The van der Waals surface area contributed by atoms with Crippen molar-refractivity contribution in [2.24, 2.45) is 5.92 Å². The van der Waals surface area contributed by atoms with Crippen molar-refractivity contribution >= 4 is 35.1 Å². The van der Waals surface area contributed by atoms with Crippen LogP contribution in [0.3, 0.4) is 0 Å². The van der Waals surface area contributed by atoms with Crippen molar-refractivity contribution in [3.63, 3.8) is 0 Å². The molecule has 0 saturated carbocycles. The summed E-state index contributed by atoms with van der Waals surface area (Å²) in [6, 6.07) is 7.16. The van der Waals surface area contributed by atoms with Gasteiger partial charge in [-0.1, -0.05) is 29.3 Å². The number of anilines is 1. The fourth-order valence-corrected chi connectivity index (χ4v) is 3.13. The minimum absolute atomic E-state index is 0.0432. The van der Waals surface area contributed by atoms with E-state index in [0.29, 0.717) is 29.1 Å². The number of piperidine rings is 1. The molecule has 0 unspecified atom stereocenters. The molecule has 7 heteroatoms. The predicted molar refractivity (Wildman–Crippen MR) is 95.3 cm³/mol. The van der Waals surface area contributed by atoms with Gasteiger partial charge in [-0.15, -0.1) is 0 Å². The minimum atomic E-state index is -0.0645. The molecule has 0 aliphatic carbocycles. The van der Waals surface area contributed by atoms with E-state index in [1.54, 1.807) is 30.6 Å². The zero-order valence-corrected chi connectivity index (χ0v) is 14.6. The van der Waals surface area contributed by atoms with Gasteiger partial charge in [0.1, 0.15) is 0 Å². The highest BCUT2D eigenvalue weighted by Gasteiger charge is 2.26. The Morgan fingerprint density at radius 1 is 1.25 bits per heavy atom. The Morgan fingerprint density at radius 3 is 2.79 bits per heavy atom. The second-order valence-electron chi connectivity index (χ2n) is 5.80. The molecule has 0 spiro atoms. The maximum atomic E-state index is 12.5. The van der Waals surface area contributed by atoms with Crippen LogP contribution in [0.1, 0.15) is 18.4 Å². The van der Waals surface area contributed by atoms with Crippen LogP contribution < -0.4 is 10.2 Å². The van der Waals surface area contributed by atoms with Gasteiger partial charge in [-0.2, -0.15) is 0 Å². The van der Waals surface area contributed by atoms with Crippen LogP contribution in [0.5, 0.6) is 0 Å². The zero-order valence-electron chi connectivity index (χ0n) is 13.1. The van der Waals surface area contributed by atoms with Crippen LogP contribution in [-0.4, -0.2) is 29.0 Å². The maximum Gasteiger partial charge on any atom is 0.225 e. The summed E-state index contributed by atoms with van der Waals surface area (Å²) in [7, 11) is 0. The average Bonchev–Trinajstić information content (AvgIpc) is 2.63. The standard InChI is InChI=1S/C17H18Cl2N4O/c18-14-5-4-12(9-15(14)19)10-22-16(24)13-3-1-8-23(11-13)17-20-6-2-7-21-17/h2,4-7,9,13H,1,3,8,10-11H2,(H,22,24)/t13-/m0/s1. The molecule has 1 aromatic heterocycles. The lowest BCUT2D eigenvalue weighted by Gasteiger charge is -2.31. The van der Waals surface area contributed by atoms with Crippen LogP contribution in [0.15, 0.2) is 36.7 Å². The van der Waals surface area contributed by atoms with E-state index >= 15 is 0 Å². The maximum absolute atomic E-state index is 12.5. The van der Waals surface area contributed by atoms with Gasteiger partial charge in [0.05, 0.1) is 16.0 Å². The topological polar surface area (TPSA) is 58.1 Å². The fourth-order valence-electron chi connectivity index (χ4n) is 2.81. The van der Waals surface area contributed by atoms with Gasteiger partial charge in [0, 0.05) is 32.0 Å². The molecule has 24 heavy (non-hydrogen) atoms. The Kier molecular flexibility index (Phi) is 5.53. The lowest BCUT2D eigenvalue weighted by Crippen LogP contribution is -2.43. The molecule has 1 N–H and O–H groups in total. The molecule has 1 fully saturated rings. The highest BCUT2D eigenvalue weighted by Crippen LogP contribution is 2.23. The predicted octanol–water partition coefficient (Wildman–Crippen LogP) is 3.32. The first-order valence-electron chi connectivity index (χ1n) is 7.87. The molecule has 1 atom stereocenters. The Balaban J connectivity index is 1.57. The molecule has 1 saturated heterocycles. The Morgan fingerprint density at radius 2 is 2.04 bits per heavy atom. The van der Waals surface area contributed by atoms with Crippen LogP contribution in [-0.2, 0) is 11.3 Å². The average molecular weight is 365 g/mol. The SMILES string of the molecule is O=C(NCc1ccc(Cl)c(Cl)c1)[C@H]1CCCN(c2ncccn2)C1. The first kappa shape index (κ1) is 17.0. The van der Waals surface area contributed by atoms with Gasteiger partial charge < -0.3 is 10.2 Å². The molecular weight excluding hydrogens is 347 g/mol. The molecule has 1 aliphatic rings. The van der Waals surface area contributed by atoms with E-state index in [9.17, 15) is 4.79 Å². The van der Waals surface area contributed by atoms with Gasteiger partial charge in [0.15, 0.2) is 0 Å². The molecule has 1 aliphatic heterocycles. The number of hydrogen-bond acceptors (Lipinski definition) is 4. The molecule has 2 heterocycles. The van der Waals surface area contributed by atoms with Crippen LogP contribution in [0.25, 0.3) is 0 Å². The summed E-state index contributed by atoms with van der Waals surface area (Å²) in [5.74, 6) is 0.659. The largest absolute Gasteiger partial charge is 0.352 e. The third-order valence-corrected chi connectivity index (χ3v) is 4.82. The summed E-state index contributed by atoms with van der Waals surface area (Å²) in [6.45, 7) is 1.95. The van der Waals surface area contributed by atoms with Crippen molar-refractivity contribution in [3.05, 3.63) is 52.3 Å². The minimum Gasteiger partial charge on any atom is -0.352 e. The quantitative estimate of drug-likeness (QED) is 0.903. The first-order valence-corrected chi connectivity index (χ1v) is 8.62. The molecule has 126 valence electrons. The van der Waals surface area contributed by atoms with Gasteiger partial charge in [0.25, 0.3) is 0 Å². The van der Waals surface area contributed by atoms with Crippen LogP contribution in [0.2, 0.25) is 10.0 Å². The highest BCUT2D eigenvalue weighted by molar-refractivity contribution is 6.42. The number of carbonyl (C=O) groups excluding carboxylic acids is 1. The normalized spacial score (nSPS) is 17.6. The highest BCUT2D eigenvalue weighted by atomic mass is 35.5. The Bertz CT molecular complexity index is 711. The fraction of sp³-hybridized carbons (Fsp3) is 0.353. The first-order chi connectivity index (χ1) is 11.6. The number of hydrogen-bond donors (Lipinski definition) is 1. The molecular formula is C17H18Cl2N4O. The van der Waals surface area contributed by atoms with E-state index in [1.165, 1.54) is 0 Å². The van der Waals surface area contributed by atoms with Crippen LogP contribution in [0.4, 0.5) is 5.95 Å². The van der Waals surface area contributed by atoms with Crippen molar-refractivity contribution in [3.8, 4) is 0 Å². The molecule has 5 nitrogen and oxygen atoms in total. The van der Waals surface area contributed by atoms with E-state index in [2.05, 4.69) is 20.2 Å². The van der Waals surface area contributed by atoms with Gasteiger partial charge in [-0.05, 0) is 36.6 Å². The number of nitrogens with one attached hydrogen (secondary N) is 1. The van der Waals surface area contributed by atoms with Gasteiger partial charge >= 0.3 is 0 Å². The molecule has 2 aromatic rings. The second-order valence-corrected chi connectivity index (χ2v) is 6.61. The summed E-state index contributed by atoms with van der Waals surface area (Å²) < 4.78 is 0. The molecule has 0 radical (unpaired) electrons. The summed E-state index contributed by atoms with van der Waals surface area (Å²) in [5, 5.41) is 3.98. The summed E-state index contributed by atoms with van der Waals surface area (Å²) >= 11 is 11.9. The van der Waals surface area contributed by atoms with Gasteiger partial charge in [-0.25, -0.2) is 9.97 Å². The molecule has 1 aromatic carbocycles. The van der Waals surface area contributed by atoms with E-state index < -0.39 is 0 Å². The van der Waals surface area contributed by atoms with Crippen LogP contribution in [0, 0.1) is 5.92 Å². The number of rotatable bonds is 4. The van der Waals surface area contributed by atoms with Crippen molar-refractivity contribution in [1.29, 1.82) is 0 Å². The van der Waals surface area contributed by atoms with Crippen molar-refractivity contribution in [1.82, 2.24) is 15.3 Å². The number of benzene rings is 1. The van der Waals surface area contributed by atoms with Crippen molar-refractivity contribution < 1.29 is 4.79 Å². The number of aromatic nitrogens is 2. The number of nitrogens with zero attached hydrogens (tertiary/aromatic N) is 3.